The number of carbonyl (C=O) groups is 1. The Hall–Kier alpha value is -3.52. The molecule has 3 aromatic rings. The number of para-hydroxylation sites is 1. The molecule has 2 aromatic carbocycles. The molecule has 1 aromatic heterocycles. The van der Waals surface area contributed by atoms with Crippen molar-refractivity contribution in [2.45, 2.75) is 0 Å². The average molecular weight is 331 g/mol. The average Bonchev–Trinajstić information content (AvgIpc) is 3.12. The first-order valence-electron chi connectivity index (χ1n) is 7.74. The highest BCUT2D eigenvalue weighted by Crippen LogP contribution is 2.26. The number of hydrogen-bond acceptors (Lipinski definition) is 3. The van der Waals surface area contributed by atoms with Crippen molar-refractivity contribution in [1.82, 2.24) is 15.1 Å². The van der Waals surface area contributed by atoms with E-state index < -0.39 is 0 Å². The molecule has 0 unspecified atom stereocenters. The summed E-state index contributed by atoms with van der Waals surface area (Å²) in [6.07, 6.45) is 6.94. The molecule has 0 fully saturated rings. The van der Waals surface area contributed by atoms with Gasteiger partial charge in [0.05, 0.1) is 24.9 Å². The summed E-state index contributed by atoms with van der Waals surface area (Å²) >= 11 is 0. The highest BCUT2D eigenvalue weighted by molar-refractivity contribution is 6.00. The van der Waals surface area contributed by atoms with Crippen LogP contribution in [0.3, 0.4) is 0 Å². The minimum Gasteiger partial charge on any atom is -0.497 e. The second kappa shape index (κ2) is 7.37. The largest absolute Gasteiger partial charge is 0.497 e. The van der Waals surface area contributed by atoms with Gasteiger partial charge >= 0.3 is 0 Å². The van der Waals surface area contributed by atoms with Gasteiger partial charge in [0, 0.05) is 11.8 Å². The van der Waals surface area contributed by atoms with Crippen LogP contribution in [0.2, 0.25) is 0 Å². The number of methoxy groups -OCH3 is 1. The second-order valence-electron chi connectivity index (χ2n) is 5.29. The Kier molecular flexibility index (Phi) is 4.82. The molecule has 0 bridgehead atoms. The number of terminal acetylenes is 1. The fourth-order valence-corrected chi connectivity index (χ4v) is 2.46. The normalized spacial score (nSPS) is 10.1. The maximum Gasteiger partial charge on any atom is 0.255 e. The van der Waals surface area contributed by atoms with Crippen LogP contribution in [0.25, 0.3) is 16.9 Å². The first-order valence-corrected chi connectivity index (χ1v) is 7.74. The summed E-state index contributed by atoms with van der Waals surface area (Å²) in [5, 5.41) is 7.30. The van der Waals surface area contributed by atoms with Crippen molar-refractivity contribution >= 4 is 5.91 Å². The summed E-state index contributed by atoms with van der Waals surface area (Å²) < 4.78 is 6.95. The fourth-order valence-electron chi connectivity index (χ4n) is 2.46. The molecule has 1 heterocycles. The minimum absolute atomic E-state index is 0.160. The van der Waals surface area contributed by atoms with Crippen molar-refractivity contribution in [2.75, 3.05) is 13.7 Å². The molecule has 1 amide bonds. The Morgan fingerprint density at radius 3 is 2.76 bits per heavy atom. The SMILES string of the molecule is C#CCNC(=O)c1cn(-c2ccccc2)nc1-c1cccc(OC)c1. The van der Waals surface area contributed by atoms with E-state index in [0.717, 1.165) is 11.3 Å². The standard InChI is InChI=1S/C20H17N3O2/c1-3-12-21-20(24)18-14-23(16-9-5-4-6-10-16)22-19(18)15-8-7-11-17(13-15)25-2/h1,4-11,13-14H,12H2,2H3,(H,21,24). The highest BCUT2D eigenvalue weighted by Gasteiger charge is 2.18. The van der Waals surface area contributed by atoms with Gasteiger partial charge in [-0.25, -0.2) is 4.68 Å². The Balaban J connectivity index is 2.09. The van der Waals surface area contributed by atoms with Crippen molar-refractivity contribution in [3.05, 3.63) is 66.4 Å². The Bertz CT molecular complexity index is 924. The lowest BCUT2D eigenvalue weighted by Gasteiger charge is -2.05. The van der Waals surface area contributed by atoms with Crippen LogP contribution in [0.1, 0.15) is 10.4 Å². The van der Waals surface area contributed by atoms with Crippen LogP contribution in [0.15, 0.2) is 60.8 Å². The van der Waals surface area contributed by atoms with Crippen LogP contribution >= 0.6 is 0 Å². The zero-order valence-corrected chi connectivity index (χ0v) is 13.8. The van der Waals surface area contributed by atoms with Gasteiger partial charge in [0.25, 0.3) is 5.91 Å². The predicted octanol–water partition coefficient (Wildman–Crippen LogP) is 2.91. The molecular weight excluding hydrogens is 314 g/mol. The number of carbonyl (C=O) groups excluding carboxylic acids is 1. The molecule has 1 N–H and O–H groups in total. The summed E-state index contributed by atoms with van der Waals surface area (Å²) in [4.78, 5) is 12.5. The van der Waals surface area contributed by atoms with Crippen LogP contribution in [-0.2, 0) is 0 Å². The van der Waals surface area contributed by atoms with Crippen molar-refractivity contribution in [1.29, 1.82) is 0 Å². The molecule has 0 spiro atoms. The van der Waals surface area contributed by atoms with E-state index in [4.69, 9.17) is 11.2 Å². The molecule has 0 aliphatic carbocycles. The molecule has 0 radical (unpaired) electrons. The first kappa shape index (κ1) is 16.3. The molecule has 3 rings (SSSR count). The Morgan fingerprint density at radius 2 is 2.04 bits per heavy atom. The summed E-state index contributed by atoms with van der Waals surface area (Å²) in [6, 6.07) is 17.0. The van der Waals surface area contributed by atoms with Crippen molar-refractivity contribution in [3.63, 3.8) is 0 Å². The number of benzene rings is 2. The first-order chi connectivity index (χ1) is 12.2. The quantitative estimate of drug-likeness (QED) is 0.732. The molecule has 0 saturated carbocycles. The lowest BCUT2D eigenvalue weighted by molar-refractivity contribution is 0.0959. The number of aromatic nitrogens is 2. The molecule has 0 saturated heterocycles. The van der Waals surface area contributed by atoms with Crippen LogP contribution in [0, 0.1) is 12.3 Å². The van der Waals surface area contributed by atoms with E-state index in [0.29, 0.717) is 17.0 Å². The maximum absolute atomic E-state index is 12.5. The number of ether oxygens (including phenoxy) is 1. The number of nitrogens with one attached hydrogen (secondary N) is 1. The van der Waals surface area contributed by atoms with Gasteiger partial charge in [0.2, 0.25) is 0 Å². The lowest BCUT2D eigenvalue weighted by atomic mass is 10.1. The van der Waals surface area contributed by atoms with E-state index in [9.17, 15) is 4.79 Å². The fraction of sp³-hybridized carbons (Fsp3) is 0.100. The van der Waals surface area contributed by atoms with Crippen molar-refractivity contribution < 1.29 is 9.53 Å². The monoisotopic (exact) mass is 331 g/mol. The molecule has 124 valence electrons. The van der Waals surface area contributed by atoms with Gasteiger partial charge in [0.1, 0.15) is 11.4 Å². The van der Waals surface area contributed by atoms with Gasteiger partial charge in [-0.05, 0) is 24.3 Å². The van der Waals surface area contributed by atoms with Crippen molar-refractivity contribution in [2.24, 2.45) is 0 Å². The Morgan fingerprint density at radius 1 is 1.24 bits per heavy atom. The van der Waals surface area contributed by atoms with Gasteiger partial charge < -0.3 is 10.1 Å². The van der Waals surface area contributed by atoms with Crippen LogP contribution in [-0.4, -0.2) is 29.3 Å². The third-order valence-electron chi connectivity index (χ3n) is 3.67. The Labute approximate surface area is 146 Å². The molecule has 25 heavy (non-hydrogen) atoms. The zero-order chi connectivity index (χ0) is 17.6. The van der Waals surface area contributed by atoms with Crippen LogP contribution in [0.4, 0.5) is 0 Å². The third kappa shape index (κ3) is 3.54. The summed E-state index contributed by atoms with van der Waals surface area (Å²) in [5.41, 5.74) is 2.67. The minimum atomic E-state index is -0.266. The number of hydrogen-bond donors (Lipinski definition) is 1. The summed E-state index contributed by atoms with van der Waals surface area (Å²) in [7, 11) is 1.60. The summed E-state index contributed by atoms with van der Waals surface area (Å²) in [5.74, 6) is 2.84. The number of nitrogens with zero attached hydrogens (tertiary/aromatic N) is 2. The van der Waals surface area contributed by atoms with E-state index in [2.05, 4.69) is 16.3 Å². The predicted molar refractivity (Wildman–Crippen MR) is 96.7 cm³/mol. The van der Waals surface area contributed by atoms with E-state index in [1.54, 1.807) is 18.0 Å². The van der Waals surface area contributed by atoms with E-state index in [1.165, 1.54) is 0 Å². The lowest BCUT2D eigenvalue weighted by Crippen LogP contribution is -2.23. The van der Waals surface area contributed by atoms with E-state index in [1.807, 2.05) is 54.6 Å². The topological polar surface area (TPSA) is 56.2 Å². The second-order valence-corrected chi connectivity index (χ2v) is 5.29. The highest BCUT2D eigenvalue weighted by atomic mass is 16.5. The van der Waals surface area contributed by atoms with Gasteiger partial charge in [0.15, 0.2) is 0 Å². The van der Waals surface area contributed by atoms with Crippen molar-refractivity contribution in [3.8, 4) is 35.0 Å². The van der Waals surface area contributed by atoms with Gasteiger partial charge in [-0.3, -0.25) is 4.79 Å². The molecule has 0 atom stereocenters. The molecule has 0 aliphatic rings. The van der Waals surface area contributed by atoms with Gasteiger partial charge in [-0.15, -0.1) is 6.42 Å². The third-order valence-corrected chi connectivity index (χ3v) is 3.67. The molecule has 5 nitrogen and oxygen atoms in total. The van der Waals surface area contributed by atoms with Gasteiger partial charge in [-0.1, -0.05) is 36.3 Å². The molecular formula is C20H17N3O2. The van der Waals surface area contributed by atoms with E-state index >= 15 is 0 Å². The zero-order valence-electron chi connectivity index (χ0n) is 13.8. The molecule has 0 aliphatic heterocycles. The smallest absolute Gasteiger partial charge is 0.255 e. The van der Waals surface area contributed by atoms with Crippen LogP contribution in [0.5, 0.6) is 5.75 Å². The molecule has 5 heteroatoms. The van der Waals surface area contributed by atoms with Crippen LogP contribution < -0.4 is 10.1 Å². The number of rotatable bonds is 5. The van der Waals surface area contributed by atoms with E-state index in [-0.39, 0.29) is 12.5 Å². The number of amides is 1. The summed E-state index contributed by atoms with van der Waals surface area (Å²) in [6.45, 7) is 0.160. The van der Waals surface area contributed by atoms with Gasteiger partial charge in [-0.2, -0.15) is 5.10 Å². The maximum atomic E-state index is 12.5.